The van der Waals surface area contributed by atoms with Crippen LogP contribution in [-0.2, 0) is 11.2 Å². The van der Waals surface area contributed by atoms with Crippen molar-refractivity contribution >= 4 is 17.4 Å². The Morgan fingerprint density at radius 1 is 1.08 bits per heavy atom. The van der Waals surface area contributed by atoms with Gasteiger partial charge in [-0.25, -0.2) is 4.39 Å². The van der Waals surface area contributed by atoms with Crippen molar-refractivity contribution in [3.8, 4) is 11.5 Å². The van der Waals surface area contributed by atoms with Crippen LogP contribution in [0.15, 0.2) is 52.9 Å². The number of hydrogen-bond acceptors (Lipinski definition) is 5. The number of halogens is 1. The maximum atomic E-state index is 13.7. The molecule has 2 aromatic carbocycles. The van der Waals surface area contributed by atoms with Gasteiger partial charge in [-0.2, -0.15) is 0 Å². The number of nitrogens with one attached hydrogen (secondary N) is 1. The highest BCUT2D eigenvalue weighted by molar-refractivity contribution is 5.95. The van der Waals surface area contributed by atoms with E-state index in [1.165, 1.54) is 13.0 Å². The first-order chi connectivity index (χ1) is 12.5. The Balaban J connectivity index is 1.56. The molecule has 26 heavy (non-hydrogen) atoms. The minimum atomic E-state index is -0.450. The van der Waals surface area contributed by atoms with Crippen LogP contribution in [0.25, 0.3) is 11.5 Å². The normalized spacial score (nSPS) is 10.5. The van der Waals surface area contributed by atoms with Crippen LogP contribution in [-0.4, -0.2) is 21.9 Å². The van der Waals surface area contributed by atoms with Gasteiger partial charge in [0, 0.05) is 24.1 Å². The molecule has 3 aromatic rings. The molecule has 1 heterocycles. The number of carbonyl (C=O) groups excluding carboxylic acids is 2. The van der Waals surface area contributed by atoms with Gasteiger partial charge in [-0.1, -0.05) is 12.1 Å². The van der Waals surface area contributed by atoms with Crippen molar-refractivity contribution in [1.82, 2.24) is 10.2 Å². The summed E-state index contributed by atoms with van der Waals surface area (Å²) in [6, 6.07) is 12.7. The van der Waals surface area contributed by atoms with E-state index in [-0.39, 0.29) is 41.9 Å². The van der Waals surface area contributed by atoms with Crippen LogP contribution in [0.4, 0.5) is 10.1 Å². The fourth-order valence-electron chi connectivity index (χ4n) is 2.33. The Bertz CT molecular complexity index is 935. The summed E-state index contributed by atoms with van der Waals surface area (Å²) in [6.07, 6.45) is 0.367. The average molecular weight is 353 g/mol. The number of carbonyl (C=O) groups is 2. The molecule has 0 saturated carbocycles. The molecule has 0 aliphatic carbocycles. The predicted octanol–water partition coefficient (Wildman–Crippen LogP) is 3.65. The number of hydrogen-bond donors (Lipinski definition) is 1. The van der Waals surface area contributed by atoms with Crippen LogP contribution in [0.3, 0.4) is 0 Å². The fourth-order valence-corrected chi connectivity index (χ4v) is 2.33. The zero-order valence-electron chi connectivity index (χ0n) is 14.0. The maximum Gasteiger partial charge on any atom is 0.250 e. The largest absolute Gasteiger partial charge is 0.421 e. The Morgan fingerprint density at radius 2 is 1.81 bits per heavy atom. The van der Waals surface area contributed by atoms with Crippen LogP contribution in [0.2, 0.25) is 0 Å². The lowest BCUT2D eigenvalue weighted by molar-refractivity contribution is -0.116. The molecule has 0 radical (unpaired) electrons. The molecule has 1 N–H and O–H groups in total. The van der Waals surface area contributed by atoms with E-state index in [0.717, 1.165) is 0 Å². The van der Waals surface area contributed by atoms with Gasteiger partial charge in [-0.05, 0) is 43.3 Å². The van der Waals surface area contributed by atoms with Crippen molar-refractivity contribution in [2.24, 2.45) is 0 Å². The van der Waals surface area contributed by atoms with E-state index in [1.807, 2.05) is 0 Å². The average Bonchev–Trinajstić information content (AvgIpc) is 3.09. The van der Waals surface area contributed by atoms with Crippen LogP contribution >= 0.6 is 0 Å². The lowest BCUT2D eigenvalue weighted by Crippen LogP contribution is -2.12. The SMILES string of the molecule is CC(=O)c1ccc(NC(=O)CCc2nnc(-c3ccccc3F)o2)cc1. The van der Waals surface area contributed by atoms with Crippen LogP contribution in [0.5, 0.6) is 0 Å². The number of anilines is 1. The number of aromatic nitrogens is 2. The lowest BCUT2D eigenvalue weighted by atomic mass is 10.1. The maximum absolute atomic E-state index is 13.7. The van der Waals surface area contributed by atoms with Gasteiger partial charge < -0.3 is 9.73 Å². The lowest BCUT2D eigenvalue weighted by Gasteiger charge is -2.04. The highest BCUT2D eigenvalue weighted by Gasteiger charge is 2.13. The summed E-state index contributed by atoms with van der Waals surface area (Å²) < 4.78 is 19.1. The minimum Gasteiger partial charge on any atom is -0.421 e. The van der Waals surface area contributed by atoms with Crippen molar-refractivity contribution in [3.05, 3.63) is 65.8 Å². The first kappa shape index (κ1) is 17.5. The number of nitrogens with zero attached hydrogens (tertiary/aromatic N) is 2. The zero-order valence-corrected chi connectivity index (χ0v) is 14.0. The summed E-state index contributed by atoms with van der Waals surface area (Å²) in [5, 5.41) is 10.4. The van der Waals surface area contributed by atoms with E-state index in [9.17, 15) is 14.0 Å². The van der Waals surface area contributed by atoms with E-state index in [2.05, 4.69) is 15.5 Å². The van der Waals surface area contributed by atoms with Gasteiger partial charge in [0.05, 0.1) is 5.56 Å². The molecule has 7 heteroatoms. The summed E-state index contributed by atoms with van der Waals surface area (Å²) in [5.74, 6) is -0.380. The first-order valence-corrected chi connectivity index (χ1v) is 8.01. The van der Waals surface area contributed by atoms with E-state index < -0.39 is 5.82 Å². The van der Waals surface area contributed by atoms with E-state index in [0.29, 0.717) is 11.3 Å². The highest BCUT2D eigenvalue weighted by Crippen LogP contribution is 2.21. The van der Waals surface area contributed by atoms with E-state index >= 15 is 0 Å². The van der Waals surface area contributed by atoms with Gasteiger partial charge in [0.1, 0.15) is 5.82 Å². The zero-order chi connectivity index (χ0) is 18.5. The second kappa shape index (κ2) is 7.69. The Labute approximate surface area is 149 Å². The Kier molecular flexibility index (Phi) is 5.17. The monoisotopic (exact) mass is 353 g/mol. The fraction of sp³-hybridized carbons (Fsp3) is 0.158. The number of benzene rings is 2. The van der Waals surface area contributed by atoms with Gasteiger partial charge in [-0.15, -0.1) is 10.2 Å². The smallest absolute Gasteiger partial charge is 0.250 e. The van der Waals surface area contributed by atoms with Crippen molar-refractivity contribution in [3.63, 3.8) is 0 Å². The van der Waals surface area contributed by atoms with Crippen LogP contribution in [0, 0.1) is 5.82 Å². The molecule has 0 spiro atoms. The van der Waals surface area contributed by atoms with Crippen LogP contribution in [0.1, 0.15) is 29.6 Å². The third-order valence-electron chi connectivity index (χ3n) is 3.71. The molecule has 0 aliphatic rings. The molecule has 6 nitrogen and oxygen atoms in total. The summed E-state index contributed by atoms with van der Waals surface area (Å²) in [5.41, 5.74) is 1.40. The number of aryl methyl sites for hydroxylation is 1. The second-order valence-electron chi connectivity index (χ2n) is 5.66. The molecular formula is C19H16FN3O3. The molecule has 0 bridgehead atoms. The molecule has 1 aromatic heterocycles. The van der Waals surface area contributed by atoms with Crippen molar-refractivity contribution < 1.29 is 18.4 Å². The summed E-state index contributed by atoms with van der Waals surface area (Å²) >= 11 is 0. The molecule has 0 atom stereocenters. The topological polar surface area (TPSA) is 85.1 Å². The molecule has 3 rings (SSSR count). The Hall–Kier alpha value is -3.35. The van der Waals surface area contributed by atoms with Gasteiger partial charge in [0.15, 0.2) is 5.78 Å². The molecule has 0 fully saturated rings. The number of ketones is 1. The third-order valence-corrected chi connectivity index (χ3v) is 3.71. The summed E-state index contributed by atoms with van der Waals surface area (Å²) in [4.78, 5) is 23.2. The van der Waals surface area contributed by atoms with Gasteiger partial charge in [0.2, 0.25) is 11.8 Å². The number of amides is 1. The van der Waals surface area contributed by atoms with E-state index in [4.69, 9.17) is 4.42 Å². The van der Waals surface area contributed by atoms with Crippen molar-refractivity contribution in [2.75, 3.05) is 5.32 Å². The van der Waals surface area contributed by atoms with Crippen LogP contribution < -0.4 is 5.32 Å². The number of Topliss-reactive ketones (excluding diaryl/α,β-unsaturated/α-hetero) is 1. The van der Waals surface area contributed by atoms with Crippen molar-refractivity contribution in [2.45, 2.75) is 19.8 Å². The molecule has 132 valence electrons. The molecule has 1 amide bonds. The molecule has 0 saturated heterocycles. The highest BCUT2D eigenvalue weighted by atomic mass is 19.1. The molecule has 0 unspecified atom stereocenters. The Morgan fingerprint density at radius 3 is 2.50 bits per heavy atom. The molecule has 0 aliphatic heterocycles. The number of rotatable bonds is 6. The standard InChI is InChI=1S/C19H16FN3O3/c1-12(24)13-6-8-14(9-7-13)21-17(25)10-11-18-22-23-19(26-18)15-4-2-3-5-16(15)20/h2-9H,10-11H2,1H3,(H,21,25). The van der Waals surface area contributed by atoms with Crippen molar-refractivity contribution in [1.29, 1.82) is 0 Å². The summed E-state index contributed by atoms with van der Waals surface area (Å²) in [7, 11) is 0. The van der Waals surface area contributed by atoms with E-state index in [1.54, 1.807) is 42.5 Å². The first-order valence-electron chi connectivity index (χ1n) is 8.01. The molecular weight excluding hydrogens is 337 g/mol. The van der Waals surface area contributed by atoms with Gasteiger partial charge >= 0.3 is 0 Å². The second-order valence-corrected chi connectivity index (χ2v) is 5.66. The van der Waals surface area contributed by atoms with Gasteiger partial charge in [0.25, 0.3) is 5.89 Å². The minimum absolute atomic E-state index is 0.0371. The summed E-state index contributed by atoms with van der Waals surface area (Å²) in [6.45, 7) is 1.48. The quantitative estimate of drug-likeness (QED) is 0.684. The third kappa shape index (κ3) is 4.18. The predicted molar refractivity (Wildman–Crippen MR) is 93.1 cm³/mol. The van der Waals surface area contributed by atoms with Gasteiger partial charge in [-0.3, -0.25) is 9.59 Å².